The lowest BCUT2D eigenvalue weighted by molar-refractivity contribution is -0.116. The SMILES string of the molecule is Cc1nnc2sc(CCC(=O)Nc3ccc4cn[nH]c4c3)nn12. The number of aryl methyl sites for hydroxylation is 2. The lowest BCUT2D eigenvalue weighted by Gasteiger charge is -2.04. The minimum absolute atomic E-state index is 0.0495. The summed E-state index contributed by atoms with van der Waals surface area (Å²) in [4.78, 5) is 12.8. The predicted molar refractivity (Wildman–Crippen MR) is 86.4 cm³/mol. The first kappa shape index (κ1) is 13.8. The van der Waals surface area contributed by atoms with Crippen molar-refractivity contribution in [3.8, 4) is 0 Å². The van der Waals surface area contributed by atoms with Crippen LogP contribution in [-0.4, -0.2) is 35.9 Å². The van der Waals surface area contributed by atoms with Gasteiger partial charge in [-0.15, -0.1) is 10.2 Å². The van der Waals surface area contributed by atoms with E-state index in [9.17, 15) is 4.79 Å². The molecule has 3 heterocycles. The summed E-state index contributed by atoms with van der Waals surface area (Å²) in [6.45, 7) is 1.85. The Labute approximate surface area is 134 Å². The third-order valence-electron chi connectivity index (χ3n) is 3.48. The van der Waals surface area contributed by atoms with Gasteiger partial charge in [-0.25, -0.2) is 0 Å². The van der Waals surface area contributed by atoms with Gasteiger partial charge in [-0.3, -0.25) is 9.89 Å². The Morgan fingerprint density at radius 3 is 3.17 bits per heavy atom. The fourth-order valence-electron chi connectivity index (χ4n) is 2.31. The van der Waals surface area contributed by atoms with Crippen molar-refractivity contribution < 1.29 is 4.79 Å². The fourth-order valence-corrected chi connectivity index (χ4v) is 3.19. The first-order valence-electron chi connectivity index (χ1n) is 7.10. The van der Waals surface area contributed by atoms with E-state index in [1.165, 1.54) is 11.3 Å². The zero-order chi connectivity index (χ0) is 15.8. The number of benzene rings is 1. The monoisotopic (exact) mass is 327 g/mol. The van der Waals surface area contributed by atoms with E-state index in [0.29, 0.717) is 12.8 Å². The van der Waals surface area contributed by atoms with Crippen LogP contribution in [0.15, 0.2) is 24.4 Å². The summed E-state index contributed by atoms with van der Waals surface area (Å²) >= 11 is 1.45. The van der Waals surface area contributed by atoms with Crippen molar-refractivity contribution in [2.75, 3.05) is 5.32 Å². The molecular weight excluding hydrogens is 314 g/mol. The molecule has 0 aliphatic heterocycles. The first-order chi connectivity index (χ1) is 11.2. The molecule has 8 nitrogen and oxygen atoms in total. The Bertz CT molecular complexity index is 999. The van der Waals surface area contributed by atoms with Gasteiger partial charge in [-0.2, -0.15) is 14.7 Å². The van der Waals surface area contributed by atoms with Crippen LogP contribution in [0, 0.1) is 6.92 Å². The Hall–Kier alpha value is -2.81. The molecule has 0 unspecified atom stereocenters. The molecule has 116 valence electrons. The molecule has 4 rings (SSSR count). The molecule has 0 spiro atoms. The van der Waals surface area contributed by atoms with Gasteiger partial charge in [0.1, 0.15) is 5.01 Å². The summed E-state index contributed by atoms with van der Waals surface area (Å²) in [7, 11) is 0. The number of hydrogen-bond donors (Lipinski definition) is 2. The molecule has 9 heteroatoms. The van der Waals surface area contributed by atoms with Crippen LogP contribution in [0.25, 0.3) is 15.9 Å². The van der Waals surface area contributed by atoms with Crippen molar-refractivity contribution in [1.29, 1.82) is 0 Å². The molecule has 2 N–H and O–H groups in total. The van der Waals surface area contributed by atoms with Gasteiger partial charge in [-0.05, 0) is 25.1 Å². The number of hydrogen-bond acceptors (Lipinski definition) is 6. The molecule has 0 atom stereocenters. The molecule has 0 bridgehead atoms. The fraction of sp³-hybridized carbons (Fsp3) is 0.214. The van der Waals surface area contributed by atoms with Gasteiger partial charge >= 0.3 is 0 Å². The summed E-state index contributed by atoms with van der Waals surface area (Å²) in [5.41, 5.74) is 1.65. The largest absolute Gasteiger partial charge is 0.326 e. The van der Waals surface area contributed by atoms with Gasteiger partial charge in [0.05, 0.1) is 11.7 Å². The second-order valence-electron chi connectivity index (χ2n) is 5.16. The van der Waals surface area contributed by atoms with E-state index >= 15 is 0 Å². The van der Waals surface area contributed by atoms with E-state index in [4.69, 9.17) is 0 Å². The zero-order valence-corrected chi connectivity index (χ0v) is 13.1. The minimum atomic E-state index is -0.0495. The van der Waals surface area contributed by atoms with Crippen LogP contribution in [0.1, 0.15) is 17.3 Å². The summed E-state index contributed by atoms with van der Waals surface area (Å²) < 4.78 is 1.70. The number of aromatic nitrogens is 6. The predicted octanol–water partition coefficient (Wildman–Crippen LogP) is 1.94. The summed E-state index contributed by atoms with van der Waals surface area (Å²) in [5, 5.41) is 24.0. The van der Waals surface area contributed by atoms with Crippen LogP contribution < -0.4 is 5.32 Å². The highest BCUT2D eigenvalue weighted by Gasteiger charge is 2.11. The molecule has 0 fully saturated rings. The number of fused-ring (bicyclic) bond motifs is 2. The molecule has 0 saturated carbocycles. The Kier molecular flexibility index (Phi) is 3.27. The van der Waals surface area contributed by atoms with Gasteiger partial charge in [0, 0.05) is 23.9 Å². The Balaban J connectivity index is 1.41. The normalized spacial score (nSPS) is 11.3. The summed E-state index contributed by atoms with van der Waals surface area (Å²) in [5.74, 6) is 0.700. The molecule has 3 aromatic heterocycles. The van der Waals surface area contributed by atoms with E-state index in [2.05, 4.69) is 30.8 Å². The third-order valence-corrected chi connectivity index (χ3v) is 4.44. The van der Waals surface area contributed by atoms with Gasteiger partial charge < -0.3 is 5.32 Å². The van der Waals surface area contributed by atoms with E-state index in [0.717, 1.165) is 32.4 Å². The van der Waals surface area contributed by atoms with Crippen molar-refractivity contribution in [3.63, 3.8) is 0 Å². The number of amides is 1. The molecule has 0 radical (unpaired) electrons. The maximum atomic E-state index is 12.1. The second-order valence-corrected chi connectivity index (χ2v) is 6.20. The highest BCUT2D eigenvalue weighted by atomic mass is 32.1. The summed E-state index contributed by atoms with van der Waals surface area (Å²) in [6, 6.07) is 5.65. The van der Waals surface area contributed by atoms with Crippen molar-refractivity contribution in [2.24, 2.45) is 0 Å². The van der Waals surface area contributed by atoms with E-state index < -0.39 is 0 Å². The van der Waals surface area contributed by atoms with Crippen molar-refractivity contribution in [1.82, 2.24) is 30.0 Å². The maximum Gasteiger partial charge on any atom is 0.234 e. The maximum absolute atomic E-state index is 12.1. The number of H-pyrrole nitrogens is 1. The van der Waals surface area contributed by atoms with Gasteiger partial charge in [0.15, 0.2) is 5.82 Å². The molecule has 23 heavy (non-hydrogen) atoms. The number of anilines is 1. The van der Waals surface area contributed by atoms with E-state index in [1.54, 1.807) is 10.7 Å². The third kappa shape index (κ3) is 2.66. The number of rotatable bonds is 4. The topological polar surface area (TPSA) is 101 Å². The van der Waals surface area contributed by atoms with Crippen LogP contribution in [0.4, 0.5) is 5.69 Å². The Morgan fingerprint density at radius 1 is 1.39 bits per heavy atom. The molecule has 0 aliphatic carbocycles. The van der Waals surface area contributed by atoms with E-state index in [1.807, 2.05) is 25.1 Å². The molecular formula is C14H13N7OS. The smallest absolute Gasteiger partial charge is 0.234 e. The average molecular weight is 327 g/mol. The van der Waals surface area contributed by atoms with Crippen molar-refractivity contribution >= 4 is 38.8 Å². The molecule has 1 aromatic carbocycles. The highest BCUT2D eigenvalue weighted by molar-refractivity contribution is 7.16. The zero-order valence-electron chi connectivity index (χ0n) is 12.3. The van der Waals surface area contributed by atoms with Crippen LogP contribution in [-0.2, 0) is 11.2 Å². The lowest BCUT2D eigenvalue weighted by atomic mass is 10.2. The van der Waals surface area contributed by atoms with Gasteiger partial charge in [0.25, 0.3) is 0 Å². The van der Waals surface area contributed by atoms with E-state index in [-0.39, 0.29) is 5.91 Å². The van der Waals surface area contributed by atoms with Crippen LogP contribution in [0.5, 0.6) is 0 Å². The summed E-state index contributed by atoms with van der Waals surface area (Å²) in [6.07, 6.45) is 2.69. The minimum Gasteiger partial charge on any atom is -0.326 e. The Morgan fingerprint density at radius 2 is 2.30 bits per heavy atom. The molecule has 0 saturated heterocycles. The van der Waals surface area contributed by atoms with Gasteiger partial charge in [-0.1, -0.05) is 11.3 Å². The number of nitrogens with zero attached hydrogens (tertiary/aromatic N) is 5. The number of carbonyl (C=O) groups excluding carboxylic acids is 1. The number of nitrogens with one attached hydrogen (secondary N) is 2. The molecule has 4 aromatic rings. The van der Waals surface area contributed by atoms with Crippen molar-refractivity contribution in [2.45, 2.75) is 19.8 Å². The van der Waals surface area contributed by atoms with Crippen LogP contribution in [0.3, 0.4) is 0 Å². The van der Waals surface area contributed by atoms with Crippen LogP contribution >= 0.6 is 11.3 Å². The van der Waals surface area contributed by atoms with Crippen molar-refractivity contribution in [3.05, 3.63) is 35.2 Å². The lowest BCUT2D eigenvalue weighted by Crippen LogP contribution is -2.12. The second kappa shape index (κ2) is 5.43. The van der Waals surface area contributed by atoms with Gasteiger partial charge in [0.2, 0.25) is 10.9 Å². The first-order valence-corrected chi connectivity index (χ1v) is 7.91. The van der Waals surface area contributed by atoms with Crippen LogP contribution in [0.2, 0.25) is 0 Å². The quantitative estimate of drug-likeness (QED) is 0.596. The highest BCUT2D eigenvalue weighted by Crippen LogP contribution is 2.18. The number of aromatic amines is 1. The molecule has 0 aliphatic rings. The number of carbonyl (C=O) groups is 1. The standard InChI is InChI=1S/C14H13N7OS/c1-8-17-19-14-21(8)20-13(23-14)5-4-12(22)16-10-3-2-9-7-15-18-11(9)6-10/h2-3,6-7H,4-5H2,1H3,(H,15,18)(H,16,22). The average Bonchev–Trinajstić information content (AvgIpc) is 3.22. The molecule has 1 amide bonds.